The molecule has 1 aromatic carbocycles. The summed E-state index contributed by atoms with van der Waals surface area (Å²) in [6.07, 6.45) is 3.07. The number of nitriles is 1. The molecule has 2 heterocycles. The van der Waals surface area contributed by atoms with E-state index in [2.05, 4.69) is 15.3 Å². The Morgan fingerprint density at radius 2 is 2.00 bits per heavy atom. The Balaban J connectivity index is 2.02. The number of hydrogen-bond acceptors (Lipinski definition) is 4. The van der Waals surface area contributed by atoms with E-state index in [1.165, 1.54) is 12.3 Å². The molecule has 3 aromatic rings. The van der Waals surface area contributed by atoms with Gasteiger partial charge in [0.05, 0.1) is 12.2 Å². The van der Waals surface area contributed by atoms with E-state index in [1.807, 2.05) is 6.07 Å². The summed E-state index contributed by atoms with van der Waals surface area (Å²) in [5.41, 5.74) is 1.01. The molecule has 2 aromatic heterocycles. The molecule has 0 bridgehead atoms. The van der Waals surface area contributed by atoms with Crippen LogP contribution in [0.3, 0.4) is 0 Å². The first-order valence-electron chi connectivity index (χ1n) is 7.72. The molecule has 0 unspecified atom stereocenters. The molecule has 25 heavy (non-hydrogen) atoms. The number of nitrogens with one attached hydrogen (secondary N) is 1. The van der Waals surface area contributed by atoms with Gasteiger partial charge in [-0.15, -0.1) is 0 Å². The third kappa shape index (κ3) is 3.26. The summed E-state index contributed by atoms with van der Waals surface area (Å²) < 4.78 is 27.3. The molecule has 0 aliphatic heterocycles. The summed E-state index contributed by atoms with van der Waals surface area (Å²) in [7, 11) is 0. The molecular weight excluding hydrogens is 322 g/mol. The molecule has 0 atom stereocenters. The molecule has 0 radical (unpaired) electrons. The summed E-state index contributed by atoms with van der Waals surface area (Å²) in [6.45, 7) is 2.63. The van der Waals surface area contributed by atoms with Gasteiger partial charge < -0.3 is 5.32 Å². The molecule has 0 fully saturated rings. The Labute approximate surface area is 144 Å². The maximum Gasteiger partial charge on any atom is 0.156 e. The van der Waals surface area contributed by atoms with Crippen molar-refractivity contribution in [3.05, 3.63) is 59.7 Å². The van der Waals surface area contributed by atoms with Gasteiger partial charge in [-0.2, -0.15) is 5.26 Å². The third-order valence-electron chi connectivity index (χ3n) is 4.02. The molecule has 0 aliphatic carbocycles. The summed E-state index contributed by atoms with van der Waals surface area (Å²) in [5, 5.41) is 12.8. The second-order valence-corrected chi connectivity index (χ2v) is 6.40. The monoisotopic (exact) mass is 338 g/mol. The van der Waals surface area contributed by atoms with E-state index in [0.717, 1.165) is 5.39 Å². The summed E-state index contributed by atoms with van der Waals surface area (Å²) in [6, 6.07) is 9.98. The van der Waals surface area contributed by atoms with E-state index < -0.39 is 17.9 Å². The molecule has 4 nitrogen and oxygen atoms in total. The zero-order chi connectivity index (χ0) is 18.0. The molecule has 3 rings (SSSR count). The van der Waals surface area contributed by atoms with Gasteiger partial charge in [0.1, 0.15) is 17.4 Å². The average Bonchev–Trinajstić information content (AvgIpc) is 2.63. The highest BCUT2D eigenvalue weighted by Crippen LogP contribution is 2.30. The first-order chi connectivity index (χ1) is 11.9. The van der Waals surface area contributed by atoms with Crippen LogP contribution in [-0.2, 0) is 5.41 Å². The topological polar surface area (TPSA) is 61.6 Å². The van der Waals surface area contributed by atoms with Crippen molar-refractivity contribution in [2.75, 3.05) is 12.0 Å². The Bertz CT molecular complexity index is 977. The molecule has 1 N–H and O–H groups in total. The van der Waals surface area contributed by atoms with Crippen molar-refractivity contribution in [3.63, 3.8) is 0 Å². The van der Waals surface area contributed by atoms with Gasteiger partial charge in [0.2, 0.25) is 0 Å². The van der Waals surface area contributed by atoms with Gasteiger partial charge in [0.15, 0.2) is 5.82 Å². The number of anilines is 2. The van der Waals surface area contributed by atoms with Crippen LogP contribution in [0.5, 0.6) is 0 Å². The van der Waals surface area contributed by atoms with Crippen LogP contribution in [0.2, 0.25) is 0 Å². The Morgan fingerprint density at radius 3 is 2.72 bits per heavy atom. The second-order valence-electron chi connectivity index (χ2n) is 6.40. The van der Waals surface area contributed by atoms with Crippen LogP contribution < -0.4 is 5.32 Å². The van der Waals surface area contributed by atoms with Gasteiger partial charge in [-0.05, 0) is 35.9 Å². The van der Waals surface area contributed by atoms with E-state index in [9.17, 15) is 8.78 Å². The number of rotatable bonds is 4. The van der Waals surface area contributed by atoms with Gasteiger partial charge in [-0.1, -0.05) is 13.8 Å². The van der Waals surface area contributed by atoms with Gasteiger partial charge >= 0.3 is 0 Å². The number of aromatic nitrogens is 2. The lowest BCUT2D eigenvalue weighted by Crippen LogP contribution is -2.21. The van der Waals surface area contributed by atoms with Crippen LogP contribution in [-0.4, -0.2) is 16.6 Å². The quantitative estimate of drug-likeness (QED) is 0.753. The minimum absolute atomic E-state index is 0.292. The van der Waals surface area contributed by atoms with E-state index in [0.29, 0.717) is 28.1 Å². The van der Waals surface area contributed by atoms with Crippen LogP contribution in [0.1, 0.15) is 25.0 Å². The maximum absolute atomic E-state index is 14.1. The molecule has 0 spiro atoms. The predicted molar refractivity (Wildman–Crippen MR) is 92.9 cm³/mol. The normalized spacial score (nSPS) is 11.3. The SMILES string of the molecule is CC(C)(CF)c1cc(Nc2nccc3cc(C#N)cnc23)ccc1F. The van der Waals surface area contributed by atoms with Crippen LogP contribution in [0.15, 0.2) is 42.7 Å². The van der Waals surface area contributed by atoms with Crippen molar-refractivity contribution in [3.8, 4) is 6.07 Å². The average molecular weight is 338 g/mol. The largest absolute Gasteiger partial charge is 0.338 e. The number of alkyl halides is 1. The zero-order valence-electron chi connectivity index (χ0n) is 13.8. The zero-order valence-corrected chi connectivity index (χ0v) is 13.8. The maximum atomic E-state index is 14.1. The molecule has 126 valence electrons. The highest BCUT2D eigenvalue weighted by atomic mass is 19.1. The molecule has 0 aliphatic rings. The van der Waals surface area contributed by atoms with Gasteiger partial charge in [0.25, 0.3) is 0 Å². The summed E-state index contributed by atoms with van der Waals surface area (Å²) in [4.78, 5) is 8.54. The molecule has 0 saturated carbocycles. The minimum atomic E-state index is -0.923. The van der Waals surface area contributed by atoms with Crippen molar-refractivity contribution in [2.45, 2.75) is 19.3 Å². The highest BCUT2D eigenvalue weighted by molar-refractivity contribution is 5.90. The lowest BCUT2D eigenvalue weighted by Gasteiger charge is -2.22. The van der Waals surface area contributed by atoms with Gasteiger partial charge in [-0.25, -0.2) is 9.37 Å². The van der Waals surface area contributed by atoms with Crippen molar-refractivity contribution >= 4 is 22.4 Å². The number of hydrogen-bond donors (Lipinski definition) is 1. The van der Waals surface area contributed by atoms with E-state index in [-0.39, 0.29) is 0 Å². The highest BCUT2D eigenvalue weighted by Gasteiger charge is 2.24. The van der Waals surface area contributed by atoms with Crippen LogP contribution >= 0.6 is 0 Å². The second kappa shape index (κ2) is 6.44. The van der Waals surface area contributed by atoms with Crippen LogP contribution in [0.25, 0.3) is 10.9 Å². The molecular formula is C19H16F2N4. The first-order valence-corrected chi connectivity index (χ1v) is 7.72. The smallest absolute Gasteiger partial charge is 0.156 e. The summed E-state index contributed by atoms with van der Waals surface area (Å²) >= 11 is 0. The predicted octanol–water partition coefficient (Wildman–Crippen LogP) is 4.63. The fourth-order valence-electron chi connectivity index (χ4n) is 2.54. The standard InChI is InChI=1S/C19H16F2N4/c1-19(2,11-20)15-8-14(3-4-16(15)21)25-18-17-13(5-6-23-18)7-12(9-22)10-24-17/h3-8,10H,11H2,1-2H3,(H,23,25). The number of fused-ring (bicyclic) bond motifs is 1. The van der Waals surface area contributed by atoms with E-state index >= 15 is 0 Å². The molecule has 0 saturated heterocycles. The fraction of sp³-hybridized carbons (Fsp3) is 0.211. The fourth-order valence-corrected chi connectivity index (χ4v) is 2.54. The first kappa shape index (κ1) is 16.8. The van der Waals surface area contributed by atoms with Gasteiger partial charge in [0, 0.05) is 28.9 Å². The van der Waals surface area contributed by atoms with Crippen LogP contribution in [0, 0.1) is 17.1 Å². The Kier molecular flexibility index (Phi) is 4.32. The Morgan fingerprint density at radius 1 is 1.20 bits per heavy atom. The third-order valence-corrected chi connectivity index (χ3v) is 4.02. The van der Waals surface area contributed by atoms with Crippen molar-refractivity contribution in [2.24, 2.45) is 0 Å². The van der Waals surface area contributed by atoms with Crippen molar-refractivity contribution in [1.29, 1.82) is 5.26 Å². The molecule has 6 heteroatoms. The minimum Gasteiger partial charge on any atom is -0.338 e. The number of pyridine rings is 2. The summed E-state index contributed by atoms with van der Waals surface area (Å²) in [5.74, 6) is 0.0356. The van der Waals surface area contributed by atoms with E-state index in [4.69, 9.17) is 5.26 Å². The lowest BCUT2D eigenvalue weighted by atomic mass is 9.85. The van der Waals surface area contributed by atoms with E-state index in [1.54, 1.807) is 44.3 Å². The van der Waals surface area contributed by atoms with Crippen LogP contribution in [0.4, 0.5) is 20.3 Å². The lowest BCUT2D eigenvalue weighted by molar-refractivity contribution is 0.341. The number of nitrogens with zero attached hydrogens (tertiary/aromatic N) is 3. The van der Waals surface area contributed by atoms with Crippen molar-refractivity contribution in [1.82, 2.24) is 9.97 Å². The number of benzene rings is 1. The van der Waals surface area contributed by atoms with Crippen molar-refractivity contribution < 1.29 is 8.78 Å². The number of halogens is 2. The molecule has 0 amide bonds. The van der Waals surface area contributed by atoms with Gasteiger partial charge in [-0.3, -0.25) is 9.37 Å². The Hall–Kier alpha value is -3.07.